The van der Waals surface area contributed by atoms with Crippen LogP contribution in [-0.2, 0) is 4.74 Å². The van der Waals surface area contributed by atoms with Gasteiger partial charge >= 0.3 is 5.97 Å². The maximum Gasteiger partial charge on any atom is 0.338 e. The van der Waals surface area contributed by atoms with Crippen LogP contribution in [0, 0.1) is 11.8 Å². The van der Waals surface area contributed by atoms with Crippen LogP contribution in [0.15, 0.2) is 70.1 Å². The Labute approximate surface area is 233 Å². The molecule has 0 unspecified atom stereocenters. The summed E-state index contributed by atoms with van der Waals surface area (Å²) in [4.78, 5) is 42.2. The highest BCUT2D eigenvalue weighted by Crippen LogP contribution is 2.55. The van der Waals surface area contributed by atoms with Crippen LogP contribution in [0.25, 0.3) is 0 Å². The van der Waals surface area contributed by atoms with Gasteiger partial charge in [-0.3, -0.25) is 9.59 Å². The molecule has 3 atom stereocenters. The topological polar surface area (TPSA) is 69.7 Å². The first kappa shape index (κ1) is 27.5. The van der Waals surface area contributed by atoms with Gasteiger partial charge in [-0.25, -0.2) is 4.79 Å². The zero-order valence-corrected chi connectivity index (χ0v) is 26.0. The molecule has 0 heterocycles. The number of fused-ring (bicyclic) bond motifs is 3. The van der Waals surface area contributed by atoms with Gasteiger partial charge in [0.1, 0.15) is 11.9 Å². The molecule has 0 aliphatic heterocycles. The van der Waals surface area contributed by atoms with E-state index < -0.39 is 16.1 Å². The zero-order chi connectivity index (χ0) is 28.3. The second-order valence-electron chi connectivity index (χ2n) is 13.0. The molecule has 3 aliphatic carbocycles. The normalized spacial score (nSPS) is 23.2. The fraction of sp³-hybridized carbons (Fsp3) is 0.406. The zero-order valence-electron chi connectivity index (χ0n) is 24.0. The van der Waals surface area contributed by atoms with Crippen LogP contribution in [0.3, 0.4) is 0 Å². The van der Waals surface area contributed by atoms with Crippen molar-refractivity contribution in [2.45, 2.75) is 64.6 Å². The number of allylic oxidation sites excluding steroid dienone is 3. The number of Topliss-reactive ketones (excluding diaryl/α,β-unsaturated/α-hetero) is 2. The number of hydrogen-bond donors (Lipinski definition) is 0. The van der Waals surface area contributed by atoms with Crippen LogP contribution in [0.2, 0.25) is 39.3 Å². The number of ketones is 2. The number of benzene rings is 2. The second kappa shape index (κ2) is 9.86. The molecule has 1 saturated carbocycles. The average Bonchev–Trinajstić information content (AvgIpc) is 2.89. The highest BCUT2D eigenvalue weighted by molar-refractivity contribution is 6.85. The number of carbonyl (C=O) groups is 3. The van der Waals surface area contributed by atoms with Crippen LogP contribution in [-0.4, -0.2) is 46.9 Å². The van der Waals surface area contributed by atoms with E-state index in [0.29, 0.717) is 33.6 Å². The Morgan fingerprint density at radius 3 is 2.05 bits per heavy atom. The molecule has 5 nitrogen and oxygen atoms in total. The van der Waals surface area contributed by atoms with Crippen LogP contribution >= 0.6 is 0 Å². The summed E-state index contributed by atoms with van der Waals surface area (Å²) >= 11 is 0. The summed E-state index contributed by atoms with van der Waals surface area (Å²) in [5.41, 5.74) is 2.56. The highest BCUT2D eigenvalue weighted by Gasteiger charge is 2.54. The molecule has 1 fully saturated rings. The molecule has 7 heteroatoms. The fourth-order valence-electron chi connectivity index (χ4n) is 7.06. The van der Waals surface area contributed by atoms with E-state index in [1.807, 2.05) is 18.2 Å². The van der Waals surface area contributed by atoms with Crippen molar-refractivity contribution in [1.29, 1.82) is 0 Å². The molecule has 2 aromatic carbocycles. The molecule has 0 radical (unpaired) electrons. The van der Waals surface area contributed by atoms with E-state index in [1.54, 1.807) is 30.3 Å². The molecule has 0 N–H and O–H groups in total. The van der Waals surface area contributed by atoms with Gasteiger partial charge in [-0.15, -0.1) is 0 Å². The predicted octanol–water partition coefficient (Wildman–Crippen LogP) is 7.08. The van der Waals surface area contributed by atoms with Gasteiger partial charge in [0.2, 0.25) is 0 Å². The predicted molar refractivity (Wildman–Crippen MR) is 159 cm³/mol. The summed E-state index contributed by atoms with van der Waals surface area (Å²) in [6.45, 7) is 13.5. The van der Waals surface area contributed by atoms with E-state index >= 15 is 0 Å². The summed E-state index contributed by atoms with van der Waals surface area (Å²) in [6, 6.07) is 14.4. The Morgan fingerprint density at radius 1 is 0.795 bits per heavy atom. The van der Waals surface area contributed by atoms with E-state index in [2.05, 4.69) is 39.3 Å². The van der Waals surface area contributed by atoms with Crippen LogP contribution in [0.1, 0.15) is 50.3 Å². The number of methoxy groups -OCH3 is 1. The molecule has 0 aromatic heterocycles. The van der Waals surface area contributed by atoms with Gasteiger partial charge in [0, 0.05) is 22.6 Å². The molecule has 0 spiro atoms. The molecule has 204 valence electrons. The van der Waals surface area contributed by atoms with E-state index in [9.17, 15) is 14.4 Å². The van der Waals surface area contributed by atoms with Crippen molar-refractivity contribution in [3.63, 3.8) is 0 Å². The average molecular weight is 559 g/mol. The van der Waals surface area contributed by atoms with Crippen LogP contribution < -0.4 is 4.74 Å². The standard InChI is InChI=1S/C32H38O5Si2/c1-36-22-17-11-15-20-24(22)29(34)27-26(28(20)33)30(38(2,3)4)21-16-12-18-23(25(21)31(27)39(5,6)7)37-32(35)19-13-9-8-10-14-19/h8-11,13-15,17,21,23,25H,12,16,18H2,1-7H3/t21-,23-,25-/m1/s1. The Morgan fingerprint density at radius 2 is 1.44 bits per heavy atom. The third-order valence-electron chi connectivity index (χ3n) is 8.39. The van der Waals surface area contributed by atoms with Gasteiger partial charge in [-0.1, -0.05) is 80.0 Å². The lowest BCUT2D eigenvalue weighted by atomic mass is 9.67. The smallest absolute Gasteiger partial charge is 0.338 e. The monoisotopic (exact) mass is 558 g/mol. The summed E-state index contributed by atoms with van der Waals surface area (Å²) in [6.07, 6.45) is 2.24. The highest BCUT2D eigenvalue weighted by atomic mass is 28.3. The molecule has 0 amide bonds. The van der Waals surface area contributed by atoms with Crippen molar-refractivity contribution < 1.29 is 23.9 Å². The fourth-order valence-corrected chi connectivity index (χ4v) is 11.9. The van der Waals surface area contributed by atoms with E-state index in [4.69, 9.17) is 9.47 Å². The lowest BCUT2D eigenvalue weighted by molar-refractivity contribution is 0.000317. The number of hydrogen-bond acceptors (Lipinski definition) is 5. The summed E-state index contributed by atoms with van der Waals surface area (Å²) in [5.74, 6) is -0.103. The minimum absolute atomic E-state index is 0.0615. The van der Waals surface area contributed by atoms with Crippen molar-refractivity contribution in [2.24, 2.45) is 11.8 Å². The summed E-state index contributed by atoms with van der Waals surface area (Å²) in [5, 5.41) is 2.24. The third kappa shape index (κ3) is 4.59. The number of esters is 1. The molecular weight excluding hydrogens is 521 g/mol. The van der Waals surface area contributed by atoms with Crippen molar-refractivity contribution in [3.8, 4) is 5.75 Å². The van der Waals surface area contributed by atoms with Gasteiger partial charge in [0.15, 0.2) is 11.6 Å². The number of rotatable bonds is 5. The van der Waals surface area contributed by atoms with Gasteiger partial charge in [0.05, 0.1) is 34.4 Å². The molecule has 0 saturated heterocycles. The lowest BCUT2D eigenvalue weighted by Crippen LogP contribution is -2.52. The third-order valence-corrected chi connectivity index (χ3v) is 12.8. The lowest BCUT2D eigenvalue weighted by Gasteiger charge is -2.50. The first-order valence-electron chi connectivity index (χ1n) is 13.9. The molecular formula is C32H38O5Si2. The Hall–Kier alpha value is -3.04. The largest absolute Gasteiger partial charge is 0.496 e. The minimum atomic E-state index is -2.20. The molecule has 3 aliphatic rings. The van der Waals surface area contributed by atoms with Crippen molar-refractivity contribution in [3.05, 3.63) is 86.8 Å². The first-order valence-corrected chi connectivity index (χ1v) is 20.9. The quantitative estimate of drug-likeness (QED) is 0.290. The van der Waals surface area contributed by atoms with Crippen LogP contribution in [0.5, 0.6) is 5.75 Å². The van der Waals surface area contributed by atoms with E-state index in [1.165, 1.54) is 7.11 Å². The van der Waals surface area contributed by atoms with Gasteiger partial charge in [-0.05, 0) is 43.4 Å². The van der Waals surface area contributed by atoms with E-state index in [-0.39, 0.29) is 35.5 Å². The van der Waals surface area contributed by atoms with Crippen molar-refractivity contribution >= 4 is 33.7 Å². The minimum Gasteiger partial charge on any atom is -0.496 e. The molecule has 39 heavy (non-hydrogen) atoms. The van der Waals surface area contributed by atoms with E-state index in [0.717, 1.165) is 29.7 Å². The first-order chi connectivity index (χ1) is 18.4. The van der Waals surface area contributed by atoms with Crippen LogP contribution in [0.4, 0.5) is 0 Å². The van der Waals surface area contributed by atoms with Gasteiger partial charge < -0.3 is 9.47 Å². The Balaban J connectivity index is 1.78. The SMILES string of the molecule is COc1cccc2c1C(=O)C1=C([Si](C)(C)C)[C@H]3[C@H](OC(=O)c4ccccc4)CCC[C@H]3C([Si](C)(C)C)=C1C2=O. The summed E-state index contributed by atoms with van der Waals surface area (Å²) < 4.78 is 11.9. The maximum absolute atomic E-state index is 14.5. The Kier molecular flexibility index (Phi) is 6.96. The number of ether oxygens (including phenoxy) is 2. The van der Waals surface area contributed by atoms with Gasteiger partial charge in [-0.2, -0.15) is 0 Å². The molecule has 0 bridgehead atoms. The summed E-state index contributed by atoms with van der Waals surface area (Å²) in [7, 11) is -2.75. The Bertz CT molecular complexity index is 1420. The van der Waals surface area contributed by atoms with Crippen molar-refractivity contribution in [1.82, 2.24) is 0 Å². The maximum atomic E-state index is 14.5. The number of carbonyl (C=O) groups excluding carboxylic acids is 3. The molecule has 2 aromatic rings. The van der Waals surface area contributed by atoms with Gasteiger partial charge in [0.25, 0.3) is 0 Å². The van der Waals surface area contributed by atoms with Crippen molar-refractivity contribution in [2.75, 3.05) is 7.11 Å². The molecule has 5 rings (SSSR count). The second-order valence-corrected chi connectivity index (χ2v) is 23.1.